The molecule has 1 aromatic carbocycles. The predicted molar refractivity (Wildman–Crippen MR) is 79.8 cm³/mol. The Morgan fingerprint density at radius 1 is 1.32 bits per heavy atom. The van der Waals surface area contributed by atoms with Crippen LogP contribution in [0.15, 0.2) is 29.2 Å². The summed E-state index contributed by atoms with van der Waals surface area (Å²) in [6.07, 6.45) is 0.413. The lowest BCUT2D eigenvalue weighted by Gasteiger charge is -2.16. The Morgan fingerprint density at radius 3 is 2.63 bits per heavy atom. The fourth-order valence-corrected chi connectivity index (χ4v) is 1.76. The minimum Gasteiger partial charge on any atom is -0.383 e. The van der Waals surface area contributed by atoms with Gasteiger partial charge in [0.2, 0.25) is 5.91 Å². The number of ether oxygens (including phenoxy) is 1. The van der Waals surface area contributed by atoms with Gasteiger partial charge in [0, 0.05) is 31.6 Å². The molecule has 1 amide bonds. The van der Waals surface area contributed by atoms with Crippen LogP contribution in [-0.4, -0.2) is 51.2 Å². The molecule has 0 spiro atoms. The summed E-state index contributed by atoms with van der Waals surface area (Å²) in [5, 5.41) is 2.91. The summed E-state index contributed by atoms with van der Waals surface area (Å²) < 4.78 is 4.99. The molecule has 0 aliphatic carbocycles. The van der Waals surface area contributed by atoms with E-state index in [1.54, 1.807) is 7.11 Å². The van der Waals surface area contributed by atoms with Crippen molar-refractivity contribution in [1.82, 2.24) is 10.2 Å². The van der Waals surface area contributed by atoms with E-state index in [4.69, 9.17) is 4.74 Å². The smallest absolute Gasteiger partial charge is 0.224 e. The van der Waals surface area contributed by atoms with E-state index in [1.807, 2.05) is 31.3 Å². The Balaban J connectivity index is 2.19. The maximum absolute atomic E-state index is 11.7. The second-order valence-corrected chi connectivity index (χ2v) is 5.01. The molecule has 0 atom stereocenters. The molecule has 0 radical (unpaired) electrons. The molecule has 0 heterocycles. The van der Waals surface area contributed by atoms with Gasteiger partial charge >= 0.3 is 0 Å². The standard InChI is InChI=1S/C14H22N2O2S/c1-16(9-10-18-2)8-7-15-14(17)11-12-3-5-13(19)6-4-12/h3-6,19H,7-11H2,1-2H3,(H,15,17). The number of amides is 1. The molecule has 1 N–H and O–H groups in total. The van der Waals surface area contributed by atoms with E-state index in [-0.39, 0.29) is 5.91 Å². The molecule has 5 heteroatoms. The first-order chi connectivity index (χ1) is 9.11. The van der Waals surface area contributed by atoms with Crippen molar-refractivity contribution in [3.63, 3.8) is 0 Å². The third-order valence-corrected chi connectivity index (χ3v) is 3.09. The summed E-state index contributed by atoms with van der Waals surface area (Å²) in [6.45, 7) is 3.06. The van der Waals surface area contributed by atoms with Gasteiger partial charge in [-0.3, -0.25) is 4.79 Å². The van der Waals surface area contributed by atoms with Crippen molar-refractivity contribution in [1.29, 1.82) is 0 Å². The summed E-state index contributed by atoms with van der Waals surface area (Å²) in [4.78, 5) is 14.8. The number of rotatable bonds is 8. The highest BCUT2D eigenvalue weighted by Gasteiger charge is 2.03. The molecular formula is C14H22N2O2S. The number of thiol groups is 1. The number of hydrogen-bond donors (Lipinski definition) is 2. The Bertz CT molecular complexity index is 382. The van der Waals surface area contributed by atoms with E-state index in [0.717, 1.165) is 23.5 Å². The van der Waals surface area contributed by atoms with Gasteiger partial charge < -0.3 is 15.0 Å². The second kappa shape index (κ2) is 8.96. The number of hydrogen-bond acceptors (Lipinski definition) is 4. The highest BCUT2D eigenvalue weighted by Crippen LogP contribution is 2.07. The fourth-order valence-electron chi connectivity index (χ4n) is 1.61. The van der Waals surface area contributed by atoms with Crippen LogP contribution >= 0.6 is 12.6 Å². The van der Waals surface area contributed by atoms with Crippen molar-refractivity contribution in [2.24, 2.45) is 0 Å². The summed E-state index contributed by atoms with van der Waals surface area (Å²) in [5.41, 5.74) is 1.00. The molecule has 19 heavy (non-hydrogen) atoms. The normalized spacial score (nSPS) is 10.7. The third kappa shape index (κ3) is 7.20. The lowest BCUT2D eigenvalue weighted by Crippen LogP contribution is -2.35. The zero-order valence-corrected chi connectivity index (χ0v) is 12.5. The first kappa shape index (κ1) is 16.0. The quantitative estimate of drug-likeness (QED) is 0.704. The average Bonchev–Trinajstić information content (AvgIpc) is 2.39. The molecule has 0 saturated carbocycles. The highest BCUT2D eigenvalue weighted by atomic mass is 32.1. The summed E-state index contributed by atoms with van der Waals surface area (Å²) in [5.74, 6) is 0.0482. The van der Waals surface area contributed by atoms with Crippen molar-refractivity contribution < 1.29 is 9.53 Å². The number of benzene rings is 1. The minimum absolute atomic E-state index is 0.0482. The number of nitrogens with one attached hydrogen (secondary N) is 1. The van der Waals surface area contributed by atoms with E-state index in [9.17, 15) is 4.79 Å². The fraction of sp³-hybridized carbons (Fsp3) is 0.500. The predicted octanol–water partition coefficient (Wildman–Crippen LogP) is 1.21. The van der Waals surface area contributed by atoms with E-state index in [2.05, 4.69) is 22.8 Å². The van der Waals surface area contributed by atoms with Crippen molar-refractivity contribution >= 4 is 18.5 Å². The molecule has 0 saturated heterocycles. The van der Waals surface area contributed by atoms with E-state index in [0.29, 0.717) is 19.6 Å². The lowest BCUT2D eigenvalue weighted by atomic mass is 10.1. The lowest BCUT2D eigenvalue weighted by molar-refractivity contribution is -0.120. The largest absolute Gasteiger partial charge is 0.383 e. The number of methoxy groups -OCH3 is 1. The van der Waals surface area contributed by atoms with Crippen molar-refractivity contribution in [3.05, 3.63) is 29.8 Å². The van der Waals surface area contributed by atoms with Gasteiger partial charge in [-0.05, 0) is 24.7 Å². The van der Waals surface area contributed by atoms with Gasteiger partial charge in [-0.25, -0.2) is 0 Å². The average molecular weight is 282 g/mol. The van der Waals surface area contributed by atoms with Gasteiger partial charge in [-0.2, -0.15) is 0 Å². The Hall–Kier alpha value is -1.04. The van der Waals surface area contributed by atoms with Crippen molar-refractivity contribution in [3.8, 4) is 0 Å². The molecule has 1 aromatic rings. The van der Waals surface area contributed by atoms with Crippen LogP contribution in [0.3, 0.4) is 0 Å². The topological polar surface area (TPSA) is 41.6 Å². The van der Waals surface area contributed by atoms with Crippen molar-refractivity contribution in [2.45, 2.75) is 11.3 Å². The summed E-state index contributed by atoms with van der Waals surface area (Å²) in [6, 6.07) is 7.63. The highest BCUT2D eigenvalue weighted by molar-refractivity contribution is 7.80. The first-order valence-electron chi connectivity index (χ1n) is 6.34. The van der Waals surface area contributed by atoms with Gasteiger partial charge in [0.15, 0.2) is 0 Å². The van der Waals surface area contributed by atoms with Crippen LogP contribution in [0.25, 0.3) is 0 Å². The molecule has 106 valence electrons. The van der Waals surface area contributed by atoms with Crippen LogP contribution < -0.4 is 5.32 Å². The second-order valence-electron chi connectivity index (χ2n) is 4.49. The SMILES string of the molecule is COCCN(C)CCNC(=O)Cc1ccc(S)cc1. The van der Waals surface area contributed by atoms with Crippen LogP contribution in [0.4, 0.5) is 0 Å². The first-order valence-corrected chi connectivity index (χ1v) is 6.78. The number of nitrogens with zero attached hydrogens (tertiary/aromatic N) is 1. The molecule has 4 nitrogen and oxygen atoms in total. The molecule has 0 aliphatic heterocycles. The molecule has 0 aromatic heterocycles. The maximum Gasteiger partial charge on any atom is 0.224 e. The van der Waals surface area contributed by atoms with Crippen LogP contribution in [0, 0.1) is 0 Å². The zero-order chi connectivity index (χ0) is 14.1. The van der Waals surface area contributed by atoms with Crippen LogP contribution in [-0.2, 0) is 16.0 Å². The Kier molecular flexibility index (Phi) is 7.55. The van der Waals surface area contributed by atoms with Crippen LogP contribution in [0.2, 0.25) is 0 Å². The van der Waals surface area contributed by atoms with Gasteiger partial charge in [-0.15, -0.1) is 12.6 Å². The molecule has 0 bridgehead atoms. The maximum atomic E-state index is 11.7. The molecule has 0 aliphatic rings. The van der Waals surface area contributed by atoms with Crippen LogP contribution in [0.5, 0.6) is 0 Å². The summed E-state index contributed by atoms with van der Waals surface area (Å²) in [7, 11) is 3.70. The number of carbonyl (C=O) groups excluding carboxylic acids is 1. The van der Waals surface area contributed by atoms with E-state index >= 15 is 0 Å². The zero-order valence-electron chi connectivity index (χ0n) is 11.6. The summed E-state index contributed by atoms with van der Waals surface area (Å²) >= 11 is 4.21. The number of carbonyl (C=O) groups is 1. The van der Waals surface area contributed by atoms with E-state index < -0.39 is 0 Å². The van der Waals surface area contributed by atoms with Gasteiger partial charge in [0.1, 0.15) is 0 Å². The Morgan fingerprint density at radius 2 is 2.00 bits per heavy atom. The molecule has 0 unspecified atom stereocenters. The third-order valence-electron chi connectivity index (χ3n) is 2.79. The molecule has 1 rings (SSSR count). The minimum atomic E-state index is 0.0482. The molecular weight excluding hydrogens is 260 g/mol. The van der Waals surface area contributed by atoms with Crippen LogP contribution in [0.1, 0.15) is 5.56 Å². The van der Waals surface area contributed by atoms with Gasteiger partial charge in [0.05, 0.1) is 13.0 Å². The number of likely N-dealkylation sites (N-methyl/N-ethyl adjacent to an activating group) is 1. The van der Waals surface area contributed by atoms with Gasteiger partial charge in [0.25, 0.3) is 0 Å². The van der Waals surface area contributed by atoms with Crippen molar-refractivity contribution in [2.75, 3.05) is 40.4 Å². The van der Waals surface area contributed by atoms with E-state index in [1.165, 1.54) is 0 Å². The van der Waals surface area contributed by atoms with Gasteiger partial charge in [-0.1, -0.05) is 12.1 Å². The molecule has 0 fully saturated rings. The Labute approximate surface area is 120 Å². The monoisotopic (exact) mass is 282 g/mol.